The van der Waals surface area contributed by atoms with Crippen molar-refractivity contribution in [3.8, 4) is 5.75 Å². The molecule has 1 aromatic rings. The van der Waals surface area contributed by atoms with Gasteiger partial charge in [-0.3, -0.25) is 4.57 Å². The smallest absolute Gasteiger partial charge is 0.247 e. The predicted octanol–water partition coefficient (Wildman–Crippen LogP) is 2.97. The summed E-state index contributed by atoms with van der Waals surface area (Å²) in [5, 5.41) is 0. The average molecular weight is 213 g/mol. The third-order valence-corrected chi connectivity index (χ3v) is 4.60. The topological polar surface area (TPSA) is 52.3 Å². The van der Waals surface area contributed by atoms with Crippen LogP contribution in [0.4, 0.5) is 5.69 Å². The SMILES string of the molecule is CCP(=O)(CC)Oc1ccccc1N. The lowest BCUT2D eigenvalue weighted by Crippen LogP contribution is -2.00. The molecule has 0 amide bonds. The molecule has 1 aromatic carbocycles. The molecular weight excluding hydrogens is 197 g/mol. The minimum absolute atomic E-state index is 0.527. The quantitative estimate of drug-likeness (QED) is 0.618. The average Bonchev–Trinajstić information content (AvgIpc) is 2.21. The third kappa shape index (κ3) is 2.52. The van der Waals surface area contributed by atoms with E-state index < -0.39 is 7.37 Å². The highest BCUT2D eigenvalue weighted by Crippen LogP contribution is 2.47. The Bertz CT molecular complexity index is 344. The number of hydrogen-bond acceptors (Lipinski definition) is 3. The van der Waals surface area contributed by atoms with Gasteiger partial charge in [-0.15, -0.1) is 0 Å². The molecule has 0 aliphatic heterocycles. The number of nitrogen functional groups attached to an aromatic ring is 1. The highest BCUT2D eigenvalue weighted by Gasteiger charge is 2.19. The first-order chi connectivity index (χ1) is 6.61. The summed E-state index contributed by atoms with van der Waals surface area (Å²) in [6.07, 6.45) is 1.08. The fourth-order valence-electron chi connectivity index (χ4n) is 1.10. The van der Waals surface area contributed by atoms with Gasteiger partial charge in [-0.2, -0.15) is 0 Å². The Morgan fingerprint density at radius 1 is 1.29 bits per heavy atom. The maximum atomic E-state index is 12.0. The van der Waals surface area contributed by atoms with E-state index in [1.807, 2.05) is 26.0 Å². The lowest BCUT2D eigenvalue weighted by Gasteiger charge is -2.17. The molecule has 0 bridgehead atoms. The summed E-state index contributed by atoms with van der Waals surface area (Å²) in [4.78, 5) is 0. The first-order valence-corrected chi connectivity index (χ1v) is 6.73. The molecule has 0 aromatic heterocycles. The second-order valence-corrected chi connectivity index (χ2v) is 6.15. The molecule has 0 saturated carbocycles. The van der Waals surface area contributed by atoms with Crippen LogP contribution in [0.25, 0.3) is 0 Å². The molecule has 0 unspecified atom stereocenters. The number of para-hydroxylation sites is 2. The van der Waals surface area contributed by atoms with Gasteiger partial charge in [-0.05, 0) is 12.1 Å². The maximum Gasteiger partial charge on any atom is 0.247 e. The lowest BCUT2D eigenvalue weighted by atomic mass is 10.3. The number of nitrogens with two attached hydrogens (primary N) is 1. The Kier molecular flexibility index (Phi) is 3.59. The summed E-state index contributed by atoms with van der Waals surface area (Å²) in [5.74, 6) is 0.527. The molecule has 78 valence electrons. The van der Waals surface area contributed by atoms with Crippen LogP contribution in [0.1, 0.15) is 13.8 Å². The summed E-state index contributed by atoms with van der Waals surface area (Å²) in [5.41, 5.74) is 6.23. The second-order valence-electron chi connectivity index (χ2n) is 3.08. The minimum Gasteiger partial charge on any atom is -0.441 e. The van der Waals surface area contributed by atoms with Crippen molar-refractivity contribution in [3.05, 3.63) is 24.3 Å². The van der Waals surface area contributed by atoms with Crippen molar-refractivity contribution in [2.24, 2.45) is 0 Å². The molecule has 0 aliphatic carbocycles. The van der Waals surface area contributed by atoms with Crippen molar-refractivity contribution in [1.29, 1.82) is 0 Å². The van der Waals surface area contributed by atoms with Crippen LogP contribution in [0.5, 0.6) is 5.75 Å². The van der Waals surface area contributed by atoms with Crippen molar-refractivity contribution in [2.75, 3.05) is 18.1 Å². The largest absolute Gasteiger partial charge is 0.441 e. The highest BCUT2D eigenvalue weighted by molar-refractivity contribution is 7.59. The zero-order valence-electron chi connectivity index (χ0n) is 8.56. The first-order valence-electron chi connectivity index (χ1n) is 4.73. The molecular formula is C10H16NO2P. The van der Waals surface area contributed by atoms with Crippen molar-refractivity contribution >= 4 is 13.1 Å². The van der Waals surface area contributed by atoms with Gasteiger partial charge in [0.2, 0.25) is 7.37 Å². The molecule has 3 nitrogen and oxygen atoms in total. The molecule has 0 saturated heterocycles. The third-order valence-electron chi connectivity index (χ3n) is 2.15. The van der Waals surface area contributed by atoms with Crippen LogP contribution in [0, 0.1) is 0 Å². The number of benzene rings is 1. The highest BCUT2D eigenvalue weighted by atomic mass is 31.2. The van der Waals surface area contributed by atoms with Gasteiger partial charge in [0.05, 0.1) is 5.69 Å². The van der Waals surface area contributed by atoms with E-state index in [-0.39, 0.29) is 0 Å². The fraction of sp³-hybridized carbons (Fsp3) is 0.400. The molecule has 0 radical (unpaired) electrons. The van der Waals surface area contributed by atoms with Gasteiger partial charge < -0.3 is 10.3 Å². The van der Waals surface area contributed by atoms with Gasteiger partial charge in [0.15, 0.2) is 0 Å². The Hall–Kier alpha value is -0.950. The Morgan fingerprint density at radius 2 is 1.86 bits per heavy atom. The fourth-order valence-corrected chi connectivity index (χ4v) is 2.33. The van der Waals surface area contributed by atoms with Crippen LogP contribution >= 0.6 is 7.37 Å². The Labute approximate surface area is 84.7 Å². The van der Waals surface area contributed by atoms with Crippen LogP contribution in [0.15, 0.2) is 24.3 Å². The van der Waals surface area contributed by atoms with E-state index in [4.69, 9.17) is 10.3 Å². The van der Waals surface area contributed by atoms with Gasteiger partial charge in [-0.1, -0.05) is 26.0 Å². The molecule has 14 heavy (non-hydrogen) atoms. The van der Waals surface area contributed by atoms with Crippen LogP contribution in [0.3, 0.4) is 0 Å². The van der Waals surface area contributed by atoms with Crippen LogP contribution in [0.2, 0.25) is 0 Å². The van der Waals surface area contributed by atoms with E-state index in [1.165, 1.54) is 0 Å². The van der Waals surface area contributed by atoms with Crippen molar-refractivity contribution < 1.29 is 9.09 Å². The van der Waals surface area contributed by atoms with E-state index in [9.17, 15) is 4.57 Å². The van der Waals surface area contributed by atoms with E-state index in [0.29, 0.717) is 23.8 Å². The number of hydrogen-bond donors (Lipinski definition) is 1. The predicted molar refractivity (Wildman–Crippen MR) is 60.2 cm³/mol. The zero-order chi connectivity index (χ0) is 10.6. The monoisotopic (exact) mass is 213 g/mol. The van der Waals surface area contributed by atoms with E-state index >= 15 is 0 Å². The molecule has 1 rings (SSSR count). The standard InChI is InChI=1S/C10H16NO2P/c1-3-14(12,4-2)13-10-8-6-5-7-9(10)11/h5-8H,3-4,11H2,1-2H3. The molecule has 0 aliphatic rings. The number of anilines is 1. The Balaban J connectivity index is 2.88. The van der Waals surface area contributed by atoms with E-state index in [1.54, 1.807) is 12.1 Å². The summed E-state index contributed by atoms with van der Waals surface area (Å²) in [6, 6.07) is 7.13. The molecule has 0 heterocycles. The summed E-state index contributed by atoms with van der Waals surface area (Å²) in [6.45, 7) is 3.73. The van der Waals surface area contributed by atoms with Crippen molar-refractivity contribution in [1.82, 2.24) is 0 Å². The summed E-state index contributed by atoms with van der Waals surface area (Å²) < 4.78 is 17.5. The summed E-state index contributed by atoms with van der Waals surface area (Å²) >= 11 is 0. The van der Waals surface area contributed by atoms with Crippen LogP contribution < -0.4 is 10.3 Å². The molecule has 0 spiro atoms. The normalized spacial score (nSPS) is 11.3. The Morgan fingerprint density at radius 3 is 2.36 bits per heavy atom. The lowest BCUT2D eigenvalue weighted by molar-refractivity contribution is 0.485. The maximum absolute atomic E-state index is 12.0. The molecule has 0 atom stereocenters. The second kappa shape index (κ2) is 4.52. The van der Waals surface area contributed by atoms with Gasteiger partial charge in [-0.25, -0.2) is 0 Å². The molecule has 0 fully saturated rings. The zero-order valence-corrected chi connectivity index (χ0v) is 9.46. The van der Waals surface area contributed by atoms with Gasteiger partial charge in [0.25, 0.3) is 0 Å². The summed E-state index contributed by atoms with van der Waals surface area (Å²) in [7, 11) is -2.51. The number of rotatable bonds is 4. The van der Waals surface area contributed by atoms with Gasteiger partial charge in [0, 0.05) is 12.3 Å². The van der Waals surface area contributed by atoms with Crippen molar-refractivity contribution in [3.63, 3.8) is 0 Å². The van der Waals surface area contributed by atoms with Crippen LogP contribution in [-0.2, 0) is 4.57 Å². The minimum atomic E-state index is -2.51. The van der Waals surface area contributed by atoms with E-state index in [2.05, 4.69) is 0 Å². The molecule has 2 N–H and O–H groups in total. The van der Waals surface area contributed by atoms with Crippen LogP contribution in [-0.4, -0.2) is 12.3 Å². The van der Waals surface area contributed by atoms with Gasteiger partial charge >= 0.3 is 0 Å². The van der Waals surface area contributed by atoms with Gasteiger partial charge in [0.1, 0.15) is 5.75 Å². The van der Waals surface area contributed by atoms with Crippen molar-refractivity contribution in [2.45, 2.75) is 13.8 Å². The first kappa shape index (κ1) is 11.1. The van der Waals surface area contributed by atoms with E-state index in [0.717, 1.165) is 0 Å². The molecule has 4 heteroatoms.